The van der Waals surface area contributed by atoms with E-state index in [1.807, 2.05) is 24.3 Å². The topological polar surface area (TPSA) is 124 Å². The molecule has 1 heterocycles. The van der Waals surface area contributed by atoms with Crippen LogP contribution in [-0.4, -0.2) is 23.4 Å². The molecule has 0 radical (unpaired) electrons. The number of nitrogens with zero attached hydrogens (tertiary/aromatic N) is 1. The van der Waals surface area contributed by atoms with Gasteiger partial charge in [0.25, 0.3) is 11.5 Å². The van der Waals surface area contributed by atoms with Crippen molar-refractivity contribution in [2.45, 2.75) is 26.7 Å². The second-order valence-electron chi connectivity index (χ2n) is 7.45. The van der Waals surface area contributed by atoms with Gasteiger partial charge in [0.05, 0.1) is 0 Å². The number of H-pyrrole nitrogens is 1. The van der Waals surface area contributed by atoms with Crippen molar-refractivity contribution in [2.75, 3.05) is 17.2 Å². The van der Waals surface area contributed by atoms with Crippen LogP contribution in [0.5, 0.6) is 5.75 Å². The van der Waals surface area contributed by atoms with Crippen molar-refractivity contribution in [3.8, 4) is 11.8 Å². The van der Waals surface area contributed by atoms with Gasteiger partial charge in [-0.2, -0.15) is 5.26 Å². The van der Waals surface area contributed by atoms with Crippen molar-refractivity contribution < 1.29 is 14.3 Å². The van der Waals surface area contributed by atoms with Gasteiger partial charge in [-0.1, -0.05) is 24.3 Å². The lowest BCUT2D eigenvalue weighted by Gasteiger charge is -2.12. The van der Waals surface area contributed by atoms with Crippen molar-refractivity contribution in [3.05, 3.63) is 87.3 Å². The SMILES string of the molecule is Cc1[nH]c(=O)c(C#N)c(C)c1CCC(=O)Nc1cccc(OCC(=O)Nc2ccccc2)c1. The predicted octanol–water partition coefficient (Wildman–Crippen LogP) is 3.45. The fraction of sp³-hybridized carbons (Fsp3) is 0.200. The highest BCUT2D eigenvalue weighted by molar-refractivity contribution is 5.92. The molecule has 33 heavy (non-hydrogen) atoms. The molecule has 8 nitrogen and oxygen atoms in total. The quantitative estimate of drug-likeness (QED) is 0.491. The van der Waals surface area contributed by atoms with Gasteiger partial charge in [0.2, 0.25) is 5.91 Å². The molecule has 1 aromatic heterocycles. The molecule has 0 spiro atoms. The molecule has 0 unspecified atom stereocenters. The molecule has 0 saturated heterocycles. The maximum Gasteiger partial charge on any atom is 0.266 e. The Labute approximate surface area is 191 Å². The smallest absolute Gasteiger partial charge is 0.266 e. The Morgan fingerprint density at radius 3 is 2.42 bits per heavy atom. The number of amides is 2. The second kappa shape index (κ2) is 10.8. The Hall–Kier alpha value is -4.38. The van der Waals surface area contributed by atoms with E-state index in [1.165, 1.54) is 0 Å². The zero-order valence-corrected chi connectivity index (χ0v) is 18.4. The Morgan fingerprint density at radius 1 is 1.00 bits per heavy atom. The maximum absolute atomic E-state index is 12.5. The predicted molar refractivity (Wildman–Crippen MR) is 125 cm³/mol. The van der Waals surface area contributed by atoms with Crippen LogP contribution >= 0.6 is 0 Å². The third-order valence-electron chi connectivity index (χ3n) is 5.07. The Balaban J connectivity index is 1.55. The highest BCUT2D eigenvalue weighted by Crippen LogP contribution is 2.19. The van der Waals surface area contributed by atoms with Crippen molar-refractivity contribution in [3.63, 3.8) is 0 Å². The number of nitrogens with one attached hydrogen (secondary N) is 3. The molecular weight excluding hydrogens is 420 g/mol. The summed E-state index contributed by atoms with van der Waals surface area (Å²) in [5.41, 5.74) is 2.88. The first kappa shape index (κ1) is 23.3. The third kappa shape index (κ3) is 6.31. The van der Waals surface area contributed by atoms with Crippen LogP contribution in [0.15, 0.2) is 59.4 Å². The average molecular weight is 444 g/mol. The highest BCUT2D eigenvalue weighted by atomic mass is 16.5. The van der Waals surface area contributed by atoms with Gasteiger partial charge >= 0.3 is 0 Å². The molecule has 0 saturated carbocycles. The first-order valence-corrected chi connectivity index (χ1v) is 10.4. The Morgan fingerprint density at radius 2 is 1.70 bits per heavy atom. The number of rotatable bonds is 8. The number of nitriles is 1. The number of aromatic nitrogens is 1. The van der Waals surface area contributed by atoms with Crippen molar-refractivity contribution in [1.82, 2.24) is 4.98 Å². The van der Waals surface area contributed by atoms with Crippen molar-refractivity contribution in [1.29, 1.82) is 5.26 Å². The average Bonchev–Trinajstić information content (AvgIpc) is 2.78. The number of aromatic amines is 1. The van der Waals surface area contributed by atoms with Gasteiger partial charge in [-0.15, -0.1) is 0 Å². The molecule has 2 amide bonds. The molecule has 8 heteroatoms. The van der Waals surface area contributed by atoms with Gasteiger partial charge in [-0.25, -0.2) is 0 Å². The summed E-state index contributed by atoms with van der Waals surface area (Å²) in [4.78, 5) is 39.0. The zero-order chi connectivity index (χ0) is 23.8. The van der Waals surface area contributed by atoms with Gasteiger partial charge in [0.1, 0.15) is 17.4 Å². The van der Waals surface area contributed by atoms with E-state index in [4.69, 9.17) is 4.74 Å². The zero-order valence-electron chi connectivity index (χ0n) is 18.4. The minimum atomic E-state index is -0.421. The number of pyridine rings is 1. The Kier molecular flexibility index (Phi) is 7.60. The molecule has 0 aliphatic rings. The minimum absolute atomic E-state index is 0.0668. The monoisotopic (exact) mass is 444 g/mol. The van der Waals surface area contributed by atoms with Gasteiger partial charge in [-0.3, -0.25) is 14.4 Å². The maximum atomic E-state index is 12.5. The molecule has 3 aromatic rings. The van der Waals surface area contributed by atoms with Crippen molar-refractivity contribution in [2.24, 2.45) is 0 Å². The van der Waals surface area contributed by atoms with E-state index in [-0.39, 0.29) is 30.4 Å². The van der Waals surface area contributed by atoms with Gasteiger partial charge in [0.15, 0.2) is 6.61 Å². The van der Waals surface area contributed by atoms with E-state index in [0.29, 0.717) is 34.8 Å². The molecule has 3 rings (SSSR count). The standard InChI is InChI=1S/C25H24N4O4/c1-16-21(17(2)27-25(32)22(16)14-26)11-12-23(30)29-19-9-6-10-20(13-19)33-15-24(31)28-18-7-4-3-5-8-18/h3-10,13H,11-12,15H2,1-2H3,(H,27,32)(H,28,31)(H,29,30). The molecule has 0 atom stereocenters. The molecule has 0 aliphatic heterocycles. The van der Waals surface area contributed by atoms with E-state index in [1.54, 1.807) is 50.2 Å². The third-order valence-corrected chi connectivity index (χ3v) is 5.07. The van der Waals surface area contributed by atoms with E-state index < -0.39 is 5.56 Å². The molecule has 168 valence electrons. The number of aryl methyl sites for hydroxylation is 1. The van der Waals surface area contributed by atoms with Crippen LogP contribution in [0.25, 0.3) is 0 Å². The van der Waals surface area contributed by atoms with Crippen LogP contribution < -0.4 is 20.9 Å². The largest absolute Gasteiger partial charge is 0.484 e. The normalized spacial score (nSPS) is 10.2. The summed E-state index contributed by atoms with van der Waals surface area (Å²) in [5.74, 6) is -0.0708. The van der Waals surface area contributed by atoms with Crippen LogP contribution in [0.1, 0.15) is 28.8 Å². The number of carbonyl (C=O) groups excluding carboxylic acids is 2. The number of hydrogen-bond donors (Lipinski definition) is 3. The molecule has 0 aliphatic carbocycles. The number of ether oxygens (including phenoxy) is 1. The lowest BCUT2D eigenvalue weighted by Crippen LogP contribution is -2.20. The highest BCUT2D eigenvalue weighted by Gasteiger charge is 2.14. The Bertz CT molecular complexity index is 1260. The van der Waals surface area contributed by atoms with Crippen LogP contribution in [0.3, 0.4) is 0 Å². The van der Waals surface area contributed by atoms with E-state index >= 15 is 0 Å². The number of anilines is 2. The molecule has 3 N–H and O–H groups in total. The number of para-hydroxylation sites is 1. The summed E-state index contributed by atoms with van der Waals surface area (Å²) in [6.45, 7) is 3.29. The van der Waals surface area contributed by atoms with E-state index in [9.17, 15) is 19.6 Å². The lowest BCUT2D eigenvalue weighted by atomic mass is 9.99. The number of carbonyl (C=O) groups is 2. The second-order valence-corrected chi connectivity index (χ2v) is 7.45. The molecule has 0 fully saturated rings. The fourth-order valence-electron chi connectivity index (χ4n) is 3.41. The number of benzene rings is 2. The summed E-state index contributed by atoms with van der Waals surface area (Å²) in [5, 5.41) is 14.7. The van der Waals surface area contributed by atoms with Crippen LogP contribution in [-0.2, 0) is 16.0 Å². The molecule has 0 bridgehead atoms. The number of hydrogen-bond acceptors (Lipinski definition) is 5. The van der Waals surface area contributed by atoms with Crippen molar-refractivity contribution >= 4 is 23.2 Å². The summed E-state index contributed by atoms with van der Waals surface area (Å²) in [6, 6.07) is 17.8. The summed E-state index contributed by atoms with van der Waals surface area (Å²) in [6.07, 6.45) is 0.550. The van der Waals surface area contributed by atoms with Gasteiger partial charge in [0, 0.05) is 29.6 Å². The van der Waals surface area contributed by atoms with Gasteiger partial charge in [-0.05, 0) is 55.7 Å². The first-order valence-electron chi connectivity index (χ1n) is 10.4. The molecular formula is C25H24N4O4. The minimum Gasteiger partial charge on any atom is -0.484 e. The van der Waals surface area contributed by atoms with Gasteiger partial charge < -0.3 is 20.4 Å². The van der Waals surface area contributed by atoms with Crippen LogP contribution in [0.2, 0.25) is 0 Å². The molecule has 2 aromatic carbocycles. The van der Waals surface area contributed by atoms with Crippen LogP contribution in [0, 0.1) is 25.2 Å². The van der Waals surface area contributed by atoms with Crippen LogP contribution in [0.4, 0.5) is 11.4 Å². The lowest BCUT2D eigenvalue weighted by molar-refractivity contribution is -0.118. The first-order chi connectivity index (χ1) is 15.9. The summed E-state index contributed by atoms with van der Waals surface area (Å²) < 4.78 is 5.53. The summed E-state index contributed by atoms with van der Waals surface area (Å²) in [7, 11) is 0. The fourth-order valence-corrected chi connectivity index (χ4v) is 3.41. The summed E-state index contributed by atoms with van der Waals surface area (Å²) >= 11 is 0. The van der Waals surface area contributed by atoms with E-state index in [0.717, 1.165) is 5.56 Å². The van der Waals surface area contributed by atoms with E-state index in [2.05, 4.69) is 15.6 Å².